The lowest BCUT2D eigenvalue weighted by Crippen LogP contribution is -2.60. The van der Waals surface area contributed by atoms with Crippen LogP contribution < -0.4 is 5.32 Å². The second-order valence-corrected chi connectivity index (χ2v) is 8.47. The summed E-state index contributed by atoms with van der Waals surface area (Å²) < 4.78 is 10.6. The number of carbonyl (C=O) groups is 1. The van der Waals surface area contributed by atoms with Crippen LogP contribution in [0.1, 0.15) is 13.8 Å². The van der Waals surface area contributed by atoms with Gasteiger partial charge in [-0.3, -0.25) is 4.79 Å². The minimum Gasteiger partial charge on any atom is -0.394 e. The molecule has 232 valence electrons. The summed E-state index contributed by atoms with van der Waals surface area (Å²) >= 11 is 0. The molecule has 10 nitrogen and oxygen atoms in total. The molecule has 0 bridgehead atoms. The van der Waals surface area contributed by atoms with E-state index in [2.05, 4.69) is 147 Å². The summed E-state index contributed by atoms with van der Waals surface area (Å²) in [6.07, 6.45) is -10.5. The van der Waals surface area contributed by atoms with Crippen molar-refractivity contribution in [3.63, 3.8) is 0 Å². The third-order valence-corrected chi connectivity index (χ3v) is 5.13. The SMILES string of the molecule is CC#CC#CC#CC#CC#CC#CC#CC#CC#CC#CC#CC#CC(=O)N[C@@H](CO[C@H]1OC(CO)[C@H](O)[C@H](O)C1O)[C@H](O)[C@@H](C)O. The number of hydrogen-bond donors (Lipinski definition) is 7. The van der Waals surface area contributed by atoms with Gasteiger partial charge in [0.1, 0.15) is 30.5 Å². The molecule has 1 aliphatic heterocycles. The Hall–Kier alpha value is -6.13. The molecule has 1 aliphatic rings. The molecule has 7 N–H and O–H groups in total. The molecule has 0 saturated carbocycles. The molecule has 1 amide bonds. The highest BCUT2D eigenvalue weighted by atomic mass is 16.7. The monoisotopic (exact) mass is 627 g/mol. The van der Waals surface area contributed by atoms with Crippen molar-refractivity contribution in [1.82, 2.24) is 5.32 Å². The van der Waals surface area contributed by atoms with E-state index in [0.29, 0.717) is 0 Å². The fraction of sp³-hybridized carbons (Fsp3) is 0.324. The van der Waals surface area contributed by atoms with Gasteiger partial charge in [0.15, 0.2) is 6.29 Å². The Morgan fingerprint density at radius 3 is 1.47 bits per heavy atom. The highest BCUT2D eigenvalue weighted by Crippen LogP contribution is 2.22. The van der Waals surface area contributed by atoms with Gasteiger partial charge in [-0.15, -0.1) is 0 Å². The Labute approximate surface area is 274 Å². The molecule has 8 atom stereocenters. The fourth-order valence-electron chi connectivity index (χ4n) is 2.95. The molecule has 0 aromatic carbocycles. The molecule has 2 unspecified atom stereocenters. The second kappa shape index (κ2) is 24.2. The van der Waals surface area contributed by atoms with Crippen LogP contribution in [-0.4, -0.2) is 98.7 Å². The van der Waals surface area contributed by atoms with Gasteiger partial charge in [-0.25, -0.2) is 0 Å². The van der Waals surface area contributed by atoms with Crippen molar-refractivity contribution in [2.75, 3.05) is 13.2 Å². The Morgan fingerprint density at radius 1 is 0.681 bits per heavy atom. The number of hydrogen-bond acceptors (Lipinski definition) is 9. The van der Waals surface area contributed by atoms with Crippen molar-refractivity contribution in [2.24, 2.45) is 0 Å². The van der Waals surface area contributed by atoms with Gasteiger partial charge in [0.2, 0.25) is 0 Å². The minimum atomic E-state index is -1.70. The van der Waals surface area contributed by atoms with E-state index in [0.717, 1.165) is 0 Å². The summed E-state index contributed by atoms with van der Waals surface area (Å²) in [7, 11) is 0. The zero-order chi connectivity index (χ0) is 34.7. The van der Waals surface area contributed by atoms with E-state index in [1.54, 1.807) is 6.92 Å². The van der Waals surface area contributed by atoms with Crippen LogP contribution in [0, 0.1) is 142 Å². The Kier molecular flexibility index (Phi) is 20.0. The molecule has 10 heteroatoms. The highest BCUT2D eigenvalue weighted by Gasteiger charge is 2.44. The molecule has 0 aromatic rings. The van der Waals surface area contributed by atoms with E-state index < -0.39 is 68.1 Å². The third-order valence-electron chi connectivity index (χ3n) is 5.13. The number of carbonyl (C=O) groups excluding carboxylic acids is 1. The molecule has 1 saturated heterocycles. The van der Waals surface area contributed by atoms with Crippen LogP contribution in [0.5, 0.6) is 0 Å². The van der Waals surface area contributed by atoms with E-state index in [9.17, 15) is 35.4 Å². The molecule has 47 heavy (non-hydrogen) atoms. The van der Waals surface area contributed by atoms with E-state index in [1.807, 2.05) is 0 Å². The topological polar surface area (TPSA) is 169 Å². The molecule has 0 spiro atoms. The predicted octanol–water partition coefficient (Wildman–Crippen LogP) is -3.91. The summed E-state index contributed by atoms with van der Waals surface area (Å²) in [5.41, 5.74) is 0. The average Bonchev–Trinajstić information content (AvgIpc) is 3.06. The van der Waals surface area contributed by atoms with E-state index >= 15 is 0 Å². The highest BCUT2D eigenvalue weighted by molar-refractivity contribution is 5.94. The Balaban J connectivity index is 2.62. The molecule has 1 rings (SSSR count). The molecule has 1 fully saturated rings. The molecule has 0 radical (unpaired) electrons. The van der Waals surface area contributed by atoms with Crippen molar-refractivity contribution in [1.29, 1.82) is 0 Å². The lowest BCUT2D eigenvalue weighted by Gasteiger charge is -2.40. The summed E-state index contributed by atoms with van der Waals surface area (Å²) in [4.78, 5) is 12.2. The minimum absolute atomic E-state index is 0.506. The van der Waals surface area contributed by atoms with Gasteiger partial charge in [-0.2, -0.15) is 0 Å². The van der Waals surface area contributed by atoms with Crippen molar-refractivity contribution in [2.45, 2.75) is 62.8 Å². The van der Waals surface area contributed by atoms with Gasteiger partial charge >= 0.3 is 0 Å². The van der Waals surface area contributed by atoms with Gasteiger partial charge in [0, 0.05) is 41.4 Å². The summed E-state index contributed by atoms with van der Waals surface area (Å²) in [5.74, 6) is 57.6. The number of amides is 1. The second-order valence-electron chi connectivity index (χ2n) is 8.47. The van der Waals surface area contributed by atoms with Crippen LogP contribution in [0.15, 0.2) is 0 Å². The zero-order valence-electron chi connectivity index (χ0n) is 24.9. The first-order chi connectivity index (χ1) is 22.7. The maximum atomic E-state index is 12.2. The van der Waals surface area contributed by atoms with E-state index in [-0.39, 0.29) is 0 Å². The van der Waals surface area contributed by atoms with Crippen molar-refractivity contribution < 1.29 is 44.9 Å². The van der Waals surface area contributed by atoms with Gasteiger partial charge in [0.25, 0.3) is 5.91 Å². The normalized spacial score (nSPS) is 19.4. The molecular formula is C37H25NO9. The van der Waals surface area contributed by atoms with Crippen LogP contribution in [0.25, 0.3) is 0 Å². The smallest absolute Gasteiger partial charge is 0.297 e. The van der Waals surface area contributed by atoms with Crippen molar-refractivity contribution in [3.8, 4) is 142 Å². The van der Waals surface area contributed by atoms with Crippen LogP contribution in [0.2, 0.25) is 0 Å². The quantitative estimate of drug-likeness (QED) is 0.140. The standard InChI is InChI=1S/C37H25NO9/c1-3-4-5-6-7-8-9-10-11-12-13-14-15-16-17-18-19-20-21-22-23-24-25-26-32(41)38-30(33(42)29(2)40)28-46-37-36(45)35(44)34(43)31(27-39)47-37/h29-31,33-37,39-40,42-45H,27-28H2,1-2H3,(H,38,41)/t29-,30+,31?,33-,34+,35+,36?,37+/m1/s1. The molecule has 0 aromatic heterocycles. The number of aliphatic hydroxyl groups is 6. The van der Waals surface area contributed by atoms with E-state index in [4.69, 9.17) is 9.47 Å². The lowest BCUT2D eigenvalue weighted by atomic mass is 9.99. The summed E-state index contributed by atoms with van der Waals surface area (Å²) in [6, 6.07) is -1.23. The maximum absolute atomic E-state index is 12.2. The third kappa shape index (κ3) is 17.1. The van der Waals surface area contributed by atoms with Gasteiger partial charge in [0.05, 0.1) is 25.4 Å². The first kappa shape index (κ1) is 38.9. The lowest BCUT2D eigenvalue weighted by molar-refractivity contribution is -0.303. The van der Waals surface area contributed by atoms with Crippen molar-refractivity contribution in [3.05, 3.63) is 0 Å². The summed E-state index contributed by atoms with van der Waals surface area (Å²) in [6.45, 7) is 1.76. The first-order valence-corrected chi connectivity index (χ1v) is 13.2. The van der Waals surface area contributed by atoms with Crippen LogP contribution in [-0.2, 0) is 14.3 Å². The molecular weight excluding hydrogens is 602 g/mol. The van der Waals surface area contributed by atoms with Gasteiger partial charge < -0.3 is 45.4 Å². The van der Waals surface area contributed by atoms with Crippen LogP contribution in [0.3, 0.4) is 0 Å². The van der Waals surface area contributed by atoms with Gasteiger partial charge in [-0.05, 0) is 109 Å². The summed E-state index contributed by atoms with van der Waals surface area (Å²) in [5, 5.41) is 61.4. The largest absolute Gasteiger partial charge is 0.394 e. The molecule has 1 heterocycles. The Morgan fingerprint density at radius 2 is 1.09 bits per heavy atom. The zero-order valence-corrected chi connectivity index (χ0v) is 24.9. The van der Waals surface area contributed by atoms with Crippen LogP contribution in [0.4, 0.5) is 0 Å². The number of nitrogens with one attached hydrogen (secondary N) is 1. The van der Waals surface area contributed by atoms with Gasteiger partial charge in [-0.1, -0.05) is 5.92 Å². The van der Waals surface area contributed by atoms with E-state index in [1.165, 1.54) is 6.92 Å². The van der Waals surface area contributed by atoms with Crippen molar-refractivity contribution >= 4 is 5.91 Å². The number of rotatable bonds is 7. The fourth-order valence-corrected chi connectivity index (χ4v) is 2.95. The number of ether oxygens (including phenoxy) is 2. The Bertz CT molecular complexity index is 1910. The first-order valence-electron chi connectivity index (χ1n) is 13.2. The molecule has 0 aliphatic carbocycles. The maximum Gasteiger partial charge on any atom is 0.297 e. The predicted molar refractivity (Wildman–Crippen MR) is 168 cm³/mol. The average molecular weight is 628 g/mol. The number of aliphatic hydroxyl groups excluding tert-OH is 6. The van der Waals surface area contributed by atoms with Crippen LogP contribution >= 0.6 is 0 Å².